The zero-order valence-electron chi connectivity index (χ0n) is 8.69. The molecule has 0 aliphatic rings. The van der Waals surface area contributed by atoms with Crippen LogP contribution in [0.1, 0.15) is 13.3 Å². The summed E-state index contributed by atoms with van der Waals surface area (Å²) in [6.07, 6.45) is -4.83. The normalized spacial score (nSPS) is 21.8. The van der Waals surface area contributed by atoms with E-state index in [1.165, 1.54) is 0 Å². The molecule has 0 saturated carbocycles. The maximum atomic E-state index is 9.42. The summed E-state index contributed by atoms with van der Waals surface area (Å²) < 4.78 is 0. The highest BCUT2D eigenvalue weighted by atomic mass is 16.4. The summed E-state index contributed by atoms with van der Waals surface area (Å²) in [7, 11) is 0. The lowest BCUT2D eigenvalue weighted by atomic mass is 9.92. The van der Waals surface area contributed by atoms with Crippen LogP contribution in [0.2, 0.25) is 0 Å². The molecule has 0 heterocycles. The minimum absolute atomic E-state index is 0.0277. The Morgan fingerprint density at radius 2 is 1.27 bits per heavy atom. The zero-order chi connectivity index (χ0) is 12.0. The highest BCUT2D eigenvalue weighted by Gasteiger charge is 2.26. The van der Waals surface area contributed by atoms with Crippen LogP contribution in [0.25, 0.3) is 0 Å². The first-order valence-electron chi connectivity index (χ1n) is 4.88. The van der Waals surface area contributed by atoms with Gasteiger partial charge in [0.1, 0.15) is 12.2 Å². The van der Waals surface area contributed by atoms with E-state index in [1.54, 1.807) is 6.92 Å². The Balaban J connectivity index is 4.06. The van der Waals surface area contributed by atoms with Gasteiger partial charge < -0.3 is 30.6 Å². The molecule has 0 spiro atoms. The predicted molar refractivity (Wildman–Crippen MR) is 52.0 cm³/mol. The Morgan fingerprint density at radius 3 is 1.67 bits per heavy atom. The molecule has 5 unspecified atom stereocenters. The van der Waals surface area contributed by atoms with Gasteiger partial charge in [-0.3, -0.25) is 0 Å². The van der Waals surface area contributed by atoms with Crippen molar-refractivity contribution in [2.75, 3.05) is 13.2 Å². The highest BCUT2D eigenvalue weighted by molar-refractivity contribution is 4.77. The van der Waals surface area contributed by atoms with E-state index in [-0.39, 0.29) is 6.42 Å². The molecule has 15 heavy (non-hydrogen) atoms. The maximum Gasteiger partial charge on any atom is 0.103 e. The molecule has 0 aliphatic carbocycles. The Hall–Kier alpha value is -0.240. The second kappa shape index (κ2) is 7.10. The molecule has 0 aliphatic heterocycles. The van der Waals surface area contributed by atoms with Crippen molar-refractivity contribution < 1.29 is 30.6 Å². The number of hydrogen-bond acceptors (Lipinski definition) is 6. The van der Waals surface area contributed by atoms with E-state index >= 15 is 0 Å². The van der Waals surface area contributed by atoms with E-state index in [0.29, 0.717) is 0 Å². The molecule has 0 rings (SSSR count). The van der Waals surface area contributed by atoms with E-state index in [4.69, 9.17) is 20.4 Å². The van der Waals surface area contributed by atoms with Gasteiger partial charge in [-0.2, -0.15) is 0 Å². The maximum absolute atomic E-state index is 9.42. The molecule has 6 nitrogen and oxygen atoms in total. The molecule has 6 N–H and O–H groups in total. The van der Waals surface area contributed by atoms with Crippen LogP contribution in [-0.4, -0.2) is 68.3 Å². The highest BCUT2D eigenvalue weighted by Crippen LogP contribution is 2.15. The molecule has 5 atom stereocenters. The van der Waals surface area contributed by atoms with Gasteiger partial charge in [0.15, 0.2) is 0 Å². The van der Waals surface area contributed by atoms with E-state index in [9.17, 15) is 10.2 Å². The summed E-state index contributed by atoms with van der Waals surface area (Å²) in [4.78, 5) is 0. The Labute approximate surface area is 88.4 Å². The van der Waals surface area contributed by atoms with Gasteiger partial charge in [-0.15, -0.1) is 0 Å². The lowest BCUT2D eigenvalue weighted by molar-refractivity contribution is -0.0673. The molecule has 92 valence electrons. The van der Waals surface area contributed by atoms with Gasteiger partial charge in [0.2, 0.25) is 0 Å². The van der Waals surface area contributed by atoms with E-state index < -0.39 is 43.5 Å². The van der Waals surface area contributed by atoms with Crippen molar-refractivity contribution in [3.05, 3.63) is 0 Å². The Bertz CT molecular complexity index is 165. The first-order valence-corrected chi connectivity index (χ1v) is 4.88. The predicted octanol–water partition coefficient (Wildman–Crippen LogP) is -2.56. The summed E-state index contributed by atoms with van der Waals surface area (Å²) in [5, 5.41) is 54.1. The second-order valence-corrected chi connectivity index (χ2v) is 3.77. The van der Waals surface area contributed by atoms with Crippen molar-refractivity contribution in [1.82, 2.24) is 0 Å². The SMILES string of the molecule is CC(CC(O)C(O)CO)C(O)C(O)CO. The fraction of sp³-hybridized carbons (Fsp3) is 1.00. The van der Waals surface area contributed by atoms with Crippen molar-refractivity contribution in [2.24, 2.45) is 5.92 Å². The fourth-order valence-electron chi connectivity index (χ4n) is 1.29. The second-order valence-electron chi connectivity index (χ2n) is 3.77. The Morgan fingerprint density at radius 1 is 0.800 bits per heavy atom. The molecule has 0 amide bonds. The van der Waals surface area contributed by atoms with Crippen LogP contribution in [0, 0.1) is 5.92 Å². The molecule has 0 radical (unpaired) electrons. The number of rotatable bonds is 7. The van der Waals surface area contributed by atoms with Crippen LogP contribution >= 0.6 is 0 Å². The first kappa shape index (κ1) is 14.8. The quantitative estimate of drug-likeness (QED) is 0.283. The smallest absolute Gasteiger partial charge is 0.103 e. The van der Waals surface area contributed by atoms with Crippen LogP contribution < -0.4 is 0 Å². The van der Waals surface area contributed by atoms with Crippen LogP contribution in [0.5, 0.6) is 0 Å². The molecule has 0 saturated heterocycles. The average molecular weight is 224 g/mol. The number of aliphatic hydroxyl groups is 6. The van der Waals surface area contributed by atoms with Crippen molar-refractivity contribution in [1.29, 1.82) is 0 Å². The van der Waals surface area contributed by atoms with Crippen molar-refractivity contribution in [3.8, 4) is 0 Å². The molecule has 0 aromatic carbocycles. The number of aliphatic hydroxyl groups excluding tert-OH is 6. The van der Waals surface area contributed by atoms with Gasteiger partial charge in [0.25, 0.3) is 0 Å². The van der Waals surface area contributed by atoms with Gasteiger partial charge in [0.05, 0.1) is 25.4 Å². The largest absolute Gasteiger partial charge is 0.394 e. The van der Waals surface area contributed by atoms with Crippen molar-refractivity contribution in [3.63, 3.8) is 0 Å². The lowest BCUT2D eigenvalue weighted by Gasteiger charge is -2.25. The summed E-state index contributed by atoms with van der Waals surface area (Å²) in [6.45, 7) is 0.438. The van der Waals surface area contributed by atoms with Gasteiger partial charge in [-0.1, -0.05) is 6.92 Å². The van der Waals surface area contributed by atoms with E-state index in [2.05, 4.69) is 0 Å². The van der Waals surface area contributed by atoms with Gasteiger partial charge in [-0.05, 0) is 12.3 Å². The third kappa shape index (κ3) is 4.87. The molecule has 6 heteroatoms. The van der Waals surface area contributed by atoms with Crippen LogP contribution in [0.15, 0.2) is 0 Å². The topological polar surface area (TPSA) is 121 Å². The minimum atomic E-state index is -1.27. The molecule has 0 fully saturated rings. The monoisotopic (exact) mass is 224 g/mol. The zero-order valence-corrected chi connectivity index (χ0v) is 8.69. The summed E-state index contributed by atoms with van der Waals surface area (Å²) >= 11 is 0. The third-order valence-corrected chi connectivity index (χ3v) is 2.41. The molecule has 0 aromatic rings. The minimum Gasteiger partial charge on any atom is -0.394 e. The van der Waals surface area contributed by atoms with Crippen molar-refractivity contribution >= 4 is 0 Å². The number of hydrogen-bond donors (Lipinski definition) is 6. The fourth-order valence-corrected chi connectivity index (χ4v) is 1.29. The first-order chi connectivity index (χ1) is 6.93. The third-order valence-electron chi connectivity index (χ3n) is 2.41. The molecule has 0 bridgehead atoms. The average Bonchev–Trinajstić information content (AvgIpc) is 2.25. The summed E-state index contributed by atoms with van der Waals surface area (Å²) in [5.41, 5.74) is 0. The van der Waals surface area contributed by atoms with E-state index in [0.717, 1.165) is 0 Å². The standard InChI is InChI=1S/C9H20O6/c1-5(9(15)8(14)4-11)2-6(12)7(13)3-10/h5-15H,2-4H2,1H3. The Kier molecular flexibility index (Phi) is 6.99. The lowest BCUT2D eigenvalue weighted by Crippen LogP contribution is -2.39. The molecular weight excluding hydrogens is 204 g/mol. The van der Waals surface area contributed by atoms with Gasteiger partial charge in [0, 0.05) is 0 Å². The van der Waals surface area contributed by atoms with Gasteiger partial charge >= 0.3 is 0 Å². The molecule has 0 aromatic heterocycles. The van der Waals surface area contributed by atoms with Crippen LogP contribution in [-0.2, 0) is 0 Å². The summed E-state index contributed by atoms with van der Waals surface area (Å²) in [5.74, 6) is -0.497. The summed E-state index contributed by atoms with van der Waals surface area (Å²) in [6, 6.07) is 0. The van der Waals surface area contributed by atoms with Crippen molar-refractivity contribution in [2.45, 2.75) is 37.8 Å². The van der Waals surface area contributed by atoms with Crippen LogP contribution in [0.3, 0.4) is 0 Å². The molecular formula is C9H20O6. The van der Waals surface area contributed by atoms with Crippen LogP contribution in [0.4, 0.5) is 0 Å². The van der Waals surface area contributed by atoms with E-state index in [1.807, 2.05) is 0 Å². The van der Waals surface area contributed by atoms with Gasteiger partial charge in [-0.25, -0.2) is 0 Å².